The summed E-state index contributed by atoms with van der Waals surface area (Å²) in [6, 6.07) is 31.7. The van der Waals surface area contributed by atoms with Crippen LogP contribution in [0.1, 0.15) is 52.6 Å². The fourth-order valence-corrected chi connectivity index (χ4v) is 5.21. The van der Waals surface area contributed by atoms with Crippen molar-refractivity contribution in [2.45, 2.75) is 45.6 Å². The van der Waals surface area contributed by atoms with Crippen LogP contribution >= 0.6 is 0 Å². The van der Waals surface area contributed by atoms with Crippen LogP contribution in [-0.2, 0) is 26.3 Å². The van der Waals surface area contributed by atoms with Gasteiger partial charge in [0.15, 0.2) is 0 Å². The second-order valence-electron chi connectivity index (χ2n) is 12.1. The van der Waals surface area contributed by atoms with Gasteiger partial charge in [0.2, 0.25) is 0 Å². The van der Waals surface area contributed by atoms with E-state index in [9.17, 15) is 0 Å². The molecule has 4 rings (SSSR count). The summed E-state index contributed by atoms with van der Waals surface area (Å²) in [7, 11) is 4.60. The lowest BCUT2D eigenvalue weighted by molar-refractivity contribution is -0.903. The Labute approximate surface area is 267 Å². The molecule has 0 saturated heterocycles. The summed E-state index contributed by atoms with van der Waals surface area (Å²) in [5, 5.41) is 18.6. The van der Waals surface area contributed by atoms with Crippen LogP contribution in [0.2, 0.25) is 0 Å². The fourth-order valence-electron chi connectivity index (χ4n) is 5.21. The number of unbranched alkanes of at least 4 members (excludes halogenated alkanes) is 2. The zero-order valence-electron chi connectivity index (χ0n) is 26.5. The van der Waals surface area contributed by atoms with Crippen molar-refractivity contribution in [1.29, 1.82) is 10.8 Å². The van der Waals surface area contributed by atoms with Crippen LogP contribution in [0.25, 0.3) is 0 Å². The number of nitrogens with one attached hydrogen (secondary N) is 3. The average molecular weight is 608 g/mol. The highest BCUT2D eigenvalue weighted by molar-refractivity contribution is 5.95. The van der Waals surface area contributed by atoms with Crippen LogP contribution < -0.4 is 26.3 Å². The number of amidine groups is 2. The first-order valence-corrected chi connectivity index (χ1v) is 15.5. The van der Waals surface area contributed by atoms with Crippen molar-refractivity contribution >= 4 is 11.7 Å². The maximum absolute atomic E-state index is 7.52. The molecule has 0 aliphatic carbocycles. The monoisotopic (exact) mass is 607 g/mol. The van der Waals surface area contributed by atoms with E-state index in [1.807, 2.05) is 36.4 Å². The van der Waals surface area contributed by atoms with Crippen molar-refractivity contribution in [3.05, 3.63) is 130 Å². The minimum Gasteiger partial charge on any atom is -0.489 e. The van der Waals surface area contributed by atoms with Gasteiger partial charge in [-0.2, -0.15) is 0 Å². The smallest absolute Gasteiger partial charge is 0.122 e. The lowest BCUT2D eigenvalue weighted by Crippen LogP contribution is -2.39. The molecule has 4 aromatic rings. The minimum atomic E-state index is 0.0570. The number of benzene rings is 4. The molecule has 0 aromatic heterocycles. The summed E-state index contributed by atoms with van der Waals surface area (Å²) < 4.78 is 12.8. The van der Waals surface area contributed by atoms with Gasteiger partial charge in [-0.25, -0.2) is 0 Å². The average Bonchev–Trinajstić information content (AvgIpc) is 3.03. The third-order valence-corrected chi connectivity index (χ3v) is 7.68. The van der Waals surface area contributed by atoms with E-state index in [2.05, 4.69) is 67.9 Å². The maximum atomic E-state index is 7.52. The van der Waals surface area contributed by atoms with Gasteiger partial charge in [-0.3, -0.25) is 10.8 Å². The van der Waals surface area contributed by atoms with Crippen molar-refractivity contribution in [2.75, 3.05) is 27.2 Å². The Morgan fingerprint density at radius 3 is 1.67 bits per heavy atom. The lowest BCUT2D eigenvalue weighted by atomic mass is 10.1. The summed E-state index contributed by atoms with van der Waals surface area (Å²) in [4.78, 5) is 0. The zero-order valence-corrected chi connectivity index (χ0v) is 26.5. The van der Waals surface area contributed by atoms with E-state index in [0.717, 1.165) is 59.7 Å². The van der Waals surface area contributed by atoms with E-state index < -0.39 is 0 Å². The van der Waals surface area contributed by atoms with E-state index in [4.69, 9.17) is 31.8 Å². The molecule has 0 atom stereocenters. The van der Waals surface area contributed by atoms with Crippen LogP contribution in [-0.4, -0.2) is 43.3 Å². The van der Waals surface area contributed by atoms with Gasteiger partial charge < -0.3 is 30.7 Å². The Morgan fingerprint density at radius 2 is 1.13 bits per heavy atom. The summed E-state index contributed by atoms with van der Waals surface area (Å²) in [5.41, 5.74) is 17.3. The molecule has 4 aromatic carbocycles. The number of nitrogens with zero attached hydrogens (tertiary/aromatic N) is 1. The molecule has 0 saturated carbocycles. The van der Waals surface area contributed by atoms with Crippen molar-refractivity contribution in [2.24, 2.45) is 11.5 Å². The normalized spacial score (nSPS) is 11.2. The first-order valence-electron chi connectivity index (χ1n) is 15.5. The second kappa shape index (κ2) is 16.4. The van der Waals surface area contributed by atoms with Crippen LogP contribution in [0.15, 0.2) is 97.1 Å². The molecule has 0 fully saturated rings. The van der Waals surface area contributed by atoms with Crippen LogP contribution in [0.5, 0.6) is 11.5 Å². The highest BCUT2D eigenvalue weighted by Gasteiger charge is 2.16. The number of ether oxygens (including phenoxy) is 2. The molecule has 0 amide bonds. The molecule has 0 aliphatic rings. The van der Waals surface area contributed by atoms with Gasteiger partial charge in [-0.05, 0) is 97.1 Å². The topological polar surface area (TPSA) is 130 Å². The van der Waals surface area contributed by atoms with E-state index >= 15 is 0 Å². The number of hydrogen-bond donors (Lipinski definition) is 5. The quantitative estimate of drug-likeness (QED) is 0.0413. The van der Waals surface area contributed by atoms with Crippen LogP contribution in [0.4, 0.5) is 0 Å². The highest BCUT2D eigenvalue weighted by Crippen LogP contribution is 2.18. The molecule has 0 heterocycles. The molecule has 0 radical (unpaired) electrons. The zero-order chi connectivity index (χ0) is 32.1. The van der Waals surface area contributed by atoms with Gasteiger partial charge in [-0.1, -0.05) is 42.5 Å². The van der Waals surface area contributed by atoms with E-state index in [-0.39, 0.29) is 11.7 Å². The predicted molar refractivity (Wildman–Crippen MR) is 183 cm³/mol. The fraction of sp³-hybridized carbons (Fsp3) is 0.297. The Hall–Kier alpha value is -4.66. The number of nitrogen functional groups attached to an aromatic ring is 2. The molecular formula is C37H47N6O2+. The molecule has 8 nitrogen and oxygen atoms in total. The third kappa shape index (κ3) is 11.4. The first kappa shape index (κ1) is 33.2. The highest BCUT2D eigenvalue weighted by atomic mass is 16.5. The number of hydrogen-bond acceptors (Lipinski definition) is 5. The minimum absolute atomic E-state index is 0.0570. The molecule has 0 unspecified atom stereocenters. The SMILES string of the molecule is C[N+](C)(CCCCCNCc1cccc(COc2ccc(C(=N)N)cc2)c1)Cc1cccc(COc2ccc(C(=N)N)cc2)c1. The van der Waals surface area contributed by atoms with E-state index in [1.54, 1.807) is 12.1 Å². The van der Waals surface area contributed by atoms with Crippen molar-refractivity contribution in [3.63, 3.8) is 0 Å². The Morgan fingerprint density at radius 1 is 0.644 bits per heavy atom. The Balaban J connectivity index is 1.11. The summed E-state index contributed by atoms with van der Waals surface area (Å²) in [6.07, 6.45) is 3.54. The van der Waals surface area contributed by atoms with Gasteiger partial charge >= 0.3 is 0 Å². The number of nitrogens with two attached hydrogens (primary N) is 2. The van der Waals surface area contributed by atoms with Gasteiger partial charge in [0.25, 0.3) is 0 Å². The lowest BCUT2D eigenvalue weighted by Gasteiger charge is -2.30. The molecule has 0 bridgehead atoms. The molecule has 236 valence electrons. The maximum Gasteiger partial charge on any atom is 0.122 e. The Bertz CT molecular complexity index is 1530. The van der Waals surface area contributed by atoms with Crippen molar-refractivity contribution in [1.82, 2.24) is 5.32 Å². The van der Waals surface area contributed by atoms with Crippen molar-refractivity contribution in [3.8, 4) is 11.5 Å². The predicted octanol–water partition coefficient (Wildman–Crippen LogP) is 5.95. The summed E-state index contributed by atoms with van der Waals surface area (Å²) >= 11 is 0. The van der Waals surface area contributed by atoms with Gasteiger partial charge in [-0.15, -0.1) is 0 Å². The molecule has 45 heavy (non-hydrogen) atoms. The summed E-state index contributed by atoms with van der Waals surface area (Å²) in [5.74, 6) is 1.65. The molecule has 7 N–H and O–H groups in total. The summed E-state index contributed by atoms with van der Waals surface area (Å²) in [6.45, 7) is 4.94. The molecular weight excluding hydrogens is 560 g/mol. The largest absolute Gasteiger partial charge is 0.489 e. The molecule has 0 spiro atoms. The van der Waals surface area contributed by atoms with Crippen molar-refractivity contribution < 1.29 is 14.0 Å². The van der Waals surface area contributed by atoms with Gasteiger partial charge in [0.1, 0.15) is 42.9 Å². The second-order valence-corrected chi connectivity index (χ2v) is 12.1. The van der Waals surface area contributed by atoms with Crippen LogP contribution in [0, 0.1) is 10.8 Å². The standard InChI is InChI=1S/C37H47N6O2/c1-43(2,25-29-9-7-11-31(23-29)27-45-35-18-14-33(15-19-35)37(40)41)21-5-3-4-20-42-24-28-8-6-10-30(22-28)26-44-34-16-12-32(13-17-34)36(38)39/h6-19,22-23,42H,3-5,20-21,24-27H2,1-2H3,(H3,38,39)(H3,40,41)/q+1. The van der Waals surface area contributed by atoms with E-state index in [0.29, 0.717) is 24.3 Å². The third-order valence-electron chi connectivity index (χ3n) is 7.68. The van der Waals surface area contributed by atoms with Gasteiger partial charge in [0, 0.05) is 23.2 Å². The number of rotatable bonds is 18. The van der Waals surface area contributed by atoms with Gasteiger partial charge in [0.05, 0.1) is 20.6 Å². The van der Waals surface area contributed by atoms with Crippen LogP contribution in [0.3, 0.4) is 0 Å². The molecule has 0 aliphatic heterocycles. The van der Waals surface area contributed by atoms with E-state index in [1.165, 1.54) is 24.0 Å². The number of quaternary nitrogens is 1. The first-order chi connectivity index (χ1) is 21.7. The molecule has 8 heteroatoms. The Kier molecular flexibility index (Phi) is 12.1.